The number of aliphatic imine (C=N–C) groups is 1. The Kier molecular flexibility index (Phi) is 4.65. The molecule has 1 aromatic carbocycles. The summed E-state index contributed by atoms with van der Waals surface area (Å²) in [6.45, 7) is 4.10. The molecule has 5 nitrogen and oxygen atoms in total. The number of H-pyrrole nitrogens is 1. The second kappa shape index (κ2) is 6.89. The lowest BCUT2D eigenvalue weighted by molar-refractivity contribution is 0.303. The summed E-state index contributed by atoms with van der Waals surface area (Å²) in [5.41, 5.74) is 5.72. The summed E-state index contributed by atoms with van der Waals surface area (Å²) >= 11 is 0. The molecule has 2 heterocycles. The van der Waals surface area contributed by atoms with Gasteiger partial charge < -0.3 is 19.2 Å². The first-order chi connectivity index (χ1) is 12.0. The predicted octanol–water partition coefficient (Wildman–Crippen LogP) is 4.02. The van der Waals surface area contributed by atoms with Gasteiger partial charge in [0, 0.05) is 23.0 Å². The van der Waals surface area contributed by atoms with E-state index in [0.717, 1.165) is 39.9 Å². The van der Waals surface area contributed by atoms with Crippen LogP contribution in [0.4, 0.5) is 0 Å². The lowest BCUT2D eigenvalue weighted by atomic mass is 10.1. The van der Waals surface area contributed by atoms with Gasteiger partial charge in [0.1, 0.15) is 23.0 Å². The van der Waals surface area contributed by atoms with Crippen molar-refractivity contribution in [2.45, 2.75) is 13.8 Å². The standard InChI is InChI=1S/C20H22N2O3/c1-12-8-13(2)21-16(12)10-18-20(25-5)11-17(22-18)15-9-14(23-3)6-7-19(15)24-4/h6-11,21H,1-5H3/b18-10-. The SMILES string of the molecule is COC1=CC(c2cc(OC)ccc2OC)=N/C1=C\c1[nH]c(C)cc1C. The molecule has 0 atom stereocenters. The number of hydrogen-bond acceptors (Lipinski definition) is 4. The minimum absolute atomic E-state index is 0.714. The largest absolute Gasteiger partial charge is 0.497 e. The van der Waals surface area contributed by atoms with Crippen LogP contribution in [0.2, 0.25) is 0 Å². The molecular weight excluding hydrogens is 316 g/mol. The van der Waals surface area contributed by atoms with E-state index < -0.39 is 0 Å². The molecule has 0 saturated carbocycles. The second-order valence-electron chi connectivity index (χ2n) is 5.85. The number of hydrogen-bond donors (Lipinski definition) is 1. The first kappa shape index (κ1) is 16.9. The molecule has 0 unspecified atom stereocenters. The van der Waals surface area contributed by atoms with E-state index in [4.69, 9.17) is 19.2 Å². The van der Waals surface area contributed by atoms with Crippen molar-refractivity contribution in [1.82, 2.24) is 4.98 Å². The molecule has 25 heavy (non-hydrogen) atoms. The monoisotopic (exact) mass is 338 g/mol. The van der Waals surface area contributed by atoms with Gasteiger partial charge in [0.2, 0.25) is 0 Å². The second-order valence-corrected chi connectivity index (χ2v) is 5.85. The molecule has 0 amide bonds. The van der Waals surface area contributed by atoms with Crippen LogP contribution >= 0.6 is 0 Å². The summed E-state index contributed by atoms with van der Waals surface area (Å²) in [4.78, 5) is 8.08. The molecule has 1 aromatic heterocycles. The van der Waals surface area contributed by atoms with Gasteiger partial charge in [0.15, 0.2) is 0 Å². The fourth-order valence-corrected chi connectivity index (χ4v) is 2.87. The molecule has 1 N–H and O–H groups in total. The molecular formula is C20H22N2O3. The first-order valence-corrected chi connectivity index (χ1v) is 8.00. The maximum absolute atomic E-state index is 5.52. The summed E-state index contributed by atoms with van der Waals surface area (Å²) in [6, 6.07) is 7.75. The minimum atomic E-state index is 0.714. The average Bonchev–Trinajstić information content (AvgIpc) is 3.17. The molecule has 0 radical (unpaired) electrons. The van der Waals surface area contributed by atoms with Gasteiger partial charge in [0.25, 0.3) is 0 Å². The van der Waals surface area contributed by atoms with Crippen LogP contribution in [0.3, 0.4) is 0 Å². The molecule has 0 saturated heterocycles. The summed E-state index contributed by atoms with van der Waals surface area (Å²) in [5.74, 6) is 2.20. The van der Waals surface area contributed by atoms with E-state index in [1.54, 1.807) is 21.3 Å². The highest BCUT2D eigenvalue weighted by Crippen LogP contribution is 2.31. The summed E-state index contributed by atoms with van der Waals surface area (Å²) in [7, 11) is 4.93. The van der Waals surface area contributed by atoms with E-state index in [9.17, 15) is 0 Å². The quantitative estimate of drug-likeness (QED) is 0.896. The van der Waals surface area contributed by atoms with Gasteiger partial charge in [0.05, 0.1) is 27.0 Å². The number of benzene rings is 1. The zero-order chi connectivity index (χ0) is 18.0. The van der Waals surface area contributed by atoms with E-state index in [1.807, 2.05) is 37.3 Å². The zero-order valence-corrected chi connectivity index (χ0v) is 15.1. The Hall–Kier alpha value is -2.95. The van der Waals surface area contributed by atoms with Gasteiger partial charge in [-0.1, -0.05) is 0 Å². The van der Waals surface area contributed by atoms with E-state index in [1.165, 1.54) is 5.56 Å². The van der Waals surface area contributed by atoms with Gasteiger partial charge in [-0.2, -0.15) is 0 Å². The number of ether oxygens (including phenoxy) is 3. The third-order valence-electron chi connectivity index (χ3n) is 4.13. The Bertz CT molecular complexity index is 888. The Balaban J connectivity index is 2.07. The van der Waals surface area contributed by atoms with Crippen molar-refractivity contribution in [1.29, 1.82) is 0 Å². The Morgan fingerprint density at radius 3 is 2.40 bits per heavy atom. The van der Waals surface area contributed by atoms with Crippen LogP contribution < -0.4 is 9.47 Å². The van der Waals surface area contributed by atoms with Crippen LogP contribution in [-0.4, -0.2) is 32.0 Å². The van der Waals surface area contributed by atoms with Gasteiger partial charge in [-0.05, 0) is 49.8 Å². The van der Waals surface area contributed by atoms with Crippen LogP contribution in [0, 0.1) is 13.8 Å². The van der Waals surface area contributed by atoms with Crippen LogP contribution in [-0.2, 0) is 4.74 Å². The lowest BCUT2D eigenvalue weighted by Gasteiger charge is -2.09. The van der Waals surface area contributed by atoms with Crippen LogP contribution in [0.5, 0.6) is 11.5 Å². The fraction of sp³-hybridized carbons (Fsp3) is 0.250. The third kappa shape index (κ3) is 3.31. The van der Waals surface area contributed by atoms with Crippen molar-refractivity contribution >= 4 is 11.8 Å². The molecule has 0 spiro atoms. The van der Waals surface area contributed by atoms with Crippen molar-refractivity contribution in [3.05, 3.63) is 64.3 Å². The zero-order valence-electron chi connectivity index (χ0n) is 15.1. The van der Waals surface area contributed by atoms with E-state index in [-0.39, 0.29) is 0 Å². The molecule has 2 aromatic rings. The maximum atomic E-state index is 5.52. The van der Waals surface area contributed by atoms with Crippen molar-refractivity contribution in [3.63, 3.8) is 0 Å². The fourth-order valence-electron chi connectivity index (χ4n) is 2.87. The highest BCUT2D eigenvalue weighted by molar-refractivity contribution is 6.14. The average molecular weight is 338 g/mol. The number of aromatic nitrogens is 1. The Labute approximate surface area is 147 Å². The van der Waals surface area contributed by atoms with E-state index >= 15 is 0 Å². The maximum Gasteiger partial charge on any atom is 0.146 e. The number of aryl methyl sites for hydroxylation is 2. The van der Waals surface area contributed by atoms with Gasteiger partial charge in [-0.15, -0.1) is 0 Å². The molecule has 3 rings (SSSR count). The van der Waals surface area contributed by atoms with Crippen LogP contribution in [0.15, 0.2) is 46.8 Å². The normalized spacial score (nSPS) is 15.2. The highest BCUT2D eigenvalue weighted by Gasteiger charge is 2.20. The Morgan fingerprint density at radius 1 is 1.00 bits per heavy atom. The molecule has 130 valence electrons. The number of allylic oxidation sites excluding steroid dienone is 1. The van der Waals surface area contributed by atoms with Gasteiger partial charge >= 0.3 is 0 Å². The minimum Gasteiger partial charge on any atom is -0.497 e. The van der Waals surface area contributed by atoms with Crippen LogP contribution in [0.1, 0.15) is 22.5 Å². The number of nitrogens with zero attached hydrogens (tertiary/aromatic N) is 1. The topological polar surface area (TPSA) is 55.8 Å². The molecule has 5 heteroatoms. The van der Waals surface area contributed by atoms with Crippen molar-refractivity contribution in [2.75, 3.05) is 21.3 Å². The number of methoxy groups -OCH3 is 3. The third-order valence-corrected chi connectivity index (χ3v) is 4.13. The van der Waals surface area contributed by atoms with E-state index in [2.05, 4.69) is 18.0 Å². The number of aromatic amines is 1. The molecule has 1 aliphatic rings. The Morgan fingerprint density at radius 2 is 1.80 bits per heavy atom. The molecule has 0 aliphatic carbocycles. The molecule has 1 aliphatic heterocycles. The van der Waals surface area contributed by atoms with Crippen LogP contribution in [0.25, 0.3) is 6.08 Å². The molecule has 0 bridgehead atoms. The smallest absolute Gasteiger partial charge is 0.146 e. The van der Waals surface area contributed by atoms with Crippen molar-refractivity contribution in [2.24, 2.45) is 4.99 Å². The van der Waals surface area contributed by atoms with Gasteiger partial charge in [-0.25, -0.2) is 4.99 Å². The number of rotatable bonds is 5. The summed E-state index contributed by atoms with van der Waals surface area (Å²) in [5, 5.41) is 0. The number of nitrogens with one attached hydrogen (secondary N) is 1. The summed E-state index contributed by atoms with van der Waals surface area (Å²) < 4.78 is 16.3. The first-order valence-electron chi connectivity index (χ1n) is 8.00. The highest BCUT2D eigenvalue weighted by atomic mass is 16.5. The van der Waals surface area contributed by atoms with E-state index in [0.29, 0.717) is 5.76 Å². The lowest BCUT2D eigenvalue weighted by Crippen LogP contribution is -1.99. The predicted molar refractivity (Wildman–Crippen MR) is 99.4 cm³/mol. The summed E-state index contributed by atoms with van der Waals surface area (Å²) in [6.07, 6.45) is 3.91. The van der Waals surface area contributed by atoms with Crippen molar-refractivity contribution in [3.8, 4) is 11.5 Å². The van der Waals surface area contributed by atoms with Crippen molar-refractivity contribution < 1.29 is 14.2 Å². The van der Waals surface area contributed by atoms with Gasteiger partial charge in [-0.3, -0.25) is 0 Å². The molecule has 0 fully saturated rings.